The second-order valence-electron chi connectivity index (χ2n) is 22.9. The van der Waals surface area contributed by atoms with Gasteiger partial charge in [0.25, 0.3) is 28.8 Å². The Hall–Kier alpha value is -8.93. The molecule has 9 aromatic heterocycles. The molecule has 0 saturated carbocycles. The lowest BCUT2D eigenvalue weighted by Crippen LogP contribution is -2.46. The van der Waals surface area contributed by atoms with Gasteiger partial charge in [-0.3, -0.25) is 61.3 Å². The van der Waals surface area contributed by atoms with Gasteiger partial charge in [0.15, 0.2) is 45.0 Å². The van der Waals surface area contributed by atoms with E-state index >= 15 is 0 Å². The maximum atomic E-state index is 14.9. The molecule has 42 nitrogen and oxygen atoms in total. The molecule has 518 valence electrons. The van der Waals surface area contributed by atoms with Gasteiger partial charge in [-0.25, -0.2) is 29.5 Å². The van der Waals surface area contributed by atoms with Crippen molar-refractivity contribution in [3.63, 3.8) is 0 Å². The Morgan fingerprint density at radius 2 is 1.30 bits per heavy atom. The number of aryl methyl sites for hydroxylation is 3. The third-order valence-electron chi connectivity index (χ3n) is 16.4. The maximum absolute atomic E-state index is 14.9. The van der Waals surface area contributed by atoms with E-state index in [1.165, 1.54) is 32.2 Å². The highest BCUT2D eigenvalue weighted by Gasteiger charge is 2.66. The van der Waals surface area contributed by atoms with Gasteiger partial charge >= 0.3 is 23.0 Å². The van der Waals surface area contributed by atoms with Crippen LogP contribution in [0, 0.1) is 0 Å². The third-order valence-corrected chi connectivity index (χ3v) is 20.4. The van der Waals surface area contributed by atoms with Crippen LogP contribution in [0.3, 0.4) is 0 Å². The number of fused-ring (bicyclic) bond motifs is 3. The minimum atomic E-state index is -5.92. The molecule has 0 aromatic carbocycles. The molecule has 3 saturated heterocycles. The summed E-state index contributed by atoms with van der Waals surface area (Å²) < 4.78 is 84.1. The molecule has 97 heavy (non-hydrogen) atoms. The lowest BCUT2D eigenvalue weighted by molar-refractivity contribution is -0.0860. The van der Waals surface area contributed by atoms with E-state index in [9.17, 15) is 72.6 Å². The highest BCUT2D eigenvalue weighted by molar-refractivity contribution is 7.55. The Kier molecular flexibility index (Phi) is 18.6. The van der Waals surface area contributed by atoms with Crippen LogP contribution in [-0.2, 0) is 62.6 Å². The number of ether oxygens (including phenoxy) is 3. The number of aliphatic hydroxyl groups excluding tert-OH is 2. The van der Waals surface area contributed by atoms with E-state index in [-0.39, 0.29) is 88.0 Å². The Balaban J connectivity index is 0.731. The number of phosphoric ester groups is 1. The van der Waals surface area contributed by atoms with Crippen LogP contribution in [0.4, 0.5) is 29.1 Å². The van der Waals surface area contributed by atoms with E-state index < -0.39 is 132 Å². The van der Waals surface area contributed by atoms with Gasteiger partial charge in [-0.1, -0.05) is 0 Å². The van der Waals surface area contributed by atoms with E-state index in [1.54, 1.807) is 61.0 Å². The molecule has 3 aliphatic heterocycles. The van der Waals surface area contributed by atoms with Crippen molar-refractivity contribution in [3.05, 3.63) is 106 Å². The van der Waals surface area contributed by atoms with Crippen LogP contribution in [0.2, 0.25) is 0 Å². The molecule has 3 aliphatic rings. The van der Waals surface area contributed by atoms with Gasteiger partial charge in [0.1, 0.15) is 78.1 Å². The minimum absolute atomic E-state index is 0.0250. The van der Waals surface area contributed by atoms with Crippen molar-refractivity contribution in [1.29, 1.82) is 0 Å². The van der Waals surface area contributed by atoms with E-state index in [4.69, 9.17) is 39.2 Å². The van der Waals surface area contributed by atoms with Gasteiger partial charge < -0.3 is 105 Å². The van der Waals surface area contributed by atoms with Crippen molar-refractivity contribution in [3.8, 4) is 0 Å². The van der Waals surface area contributed by atoms with Crippen molar-refractivity contribution in [2.24, 2.45) is 21.1 Å². The molecular weight excluding hydrogens is 1350 g/mol. The predicted molar refractivity (Wildman–Crippen MR) is 334 cm³/mol. The normalized spacial score (nSPS) is 23.6. The molecule has 12 rings (SSSR count). The number of aliphatic hydroxyl groups is 3. The number of aromatic nitrogens is 15. The summed E-state index contributed by atoms with van der Waals surface area (Å²) in [6, 6.07) is 6.39. The highest BCUT2D eigenvalue weighted by atomic mass is 31.2. The van der Waals surface area contributed by atoms with Gasteiger partial charge in [0.2, 0.25) is 11.9 Å². The van der Waals surface area contributed by atoms with Crippen molar-refractivity contribution in [2.75, 3.05) is 53.7 Å². The zero-order chi connectivity index (χ0) is 69.2. The topological polar surface area (TPSA) is 585 Å². The molecule has 17 N–H and O–H groups in total. The Morgan fingerprint density at radius 1 is 0.722 bits per heavy atom. The molecule has 12 heterocycles. The Morgan fingerprint density at radius 3 is 1.94 bits per heavy atom. The number of nitrogens with two attached hydrogens (primary N) is 2. The van der Waals surface area contributed by atoms with Crippen LogP contribution in [-0.4, -0.2) is 193 Å². The van der Waals surface area contributed by atoms with E-state index in [0.717, 1.165) is 23.5 Å². The number of nitrogen functional groups attached to an aromatic ring is 2. The van der Waals surface area contributed by atoms with Crippen molar-refractivity contribution in [1.82, 2.24) is 77.6 Å². The lowest BCUT2D eigenvalue weighted by Gasteiger charge is -2.35. The van der Waals surface area contributed by atoms with Gasteiger partial charge in [0.05, 0.1) is 43.6 Å². The summed E-state index contributed by atoms with van der Waals surface area (Å²) in [5.74, 6) is -4.79. The second-order valence-corrected chi connectivity index (χ2v) is 28.1. The first-order valence-electron chi connectivity index (χ1n) is 29.4. The average molecular weight is 1410 g/mol. The van der Waals surface area contributed by atoms with Crippen LogP contribution in [0.25, 0.3) is 33.5 Å². The van der Waals surface area contributed by atoms with Crippen molar-refractivity contribution < 1.29 is 90.8 Å². The number of nitrogens with one attached hydrogen (secondary N) is 6. The number of imidazole rings is 3. The number of nitrogens with zero attached hydrogens (tertiary/aromatic N) is 13. The fraction of sp³-hybridized carbons (Fsp3) is 0.423. The quantitative estimate of drug-likeness (QED) is 0.0254. The van der Waals surface area contributed by atoms with Crippen LogP contribution < -0.4 is 43.9 Å². The molecule has 9 aromatic rings. The first-order chi connectivity index (χ1) is 46.0. The third kappa shape index (κ3) is 13.6. The molecule has 0 spiro atoms. The van der Waals surface area contributed by atoms with Crippen molar-refractivity contribution >= 4 is 103 Å². The highest BCUT2D eigenvalue weighted by Crippen LogP contribution is 2.67. The zero-order valence-corrected chi connectivity index (χ0v) is 53.8. The minimum Gasteiger partial charge on any atom is -0.394 e. The SMILES string of the molecule is Cn1cc(NC(=O)c2cc(NC(=O)c3cccn3C)cn2C)cc1C(=O)NCCCCNc1nc2c(ncn2[C@H]2C[C@@](O)(P(=O)(O)OC[C@H]3O[C@@H](n4cnc5c(N)ncnc54)C[C@@H]3OP(=O)(O)O)[C@@H](C(O)P(=O)(O)O[C@H]3C[C@H](n4cnc5c(=O)[nH]c(N)nc54)O[C@@H]3CO)O2)c(=O)[nH]1. The fourth-order valence-corrected chi connectivity index (χ4v) is 15.2. The van der Waals surface area contributed by atoms with Gasteiger partial charge in [-0.15, -0.1) is 0 Å². The van der Waals surface area contributed by atoms with E-state index in [1.807, 2.05) is 0 Å². The van der Waals surface area contributed by atoms with Gasteiger partial charge in [0, 0.05) is 72.1 Å². The number of unbranched alkanes of at least 4 members (excludes halogenated alkanes) is 1. The zero-order valence-electron chi connectivity index (χ0n) is 51.1. The first kappa shape index (κ1) is 68.0. The standard InChI is InChI=1S/C52H64N21O21P3/c1-68-10-6-7-26(68)45(76)62-25-12-28(70(3)17-25)46(77)63-24-11-27(69(2)16-24)44(75)55-8-4-5-9-56-51-65-43-38(48(79)67-51)61-23-73(43)35-15-52(81,96(84,85)89-19-32-30(94-97(86,87)88)14-33(91-32)71-21-59-36-40(53)57-20-58-41(36)71)39(92-35)49(80)95(82,83)93-29-13-34(90-31(29)18-74)72-22-60-37-42(72)64-50(54)66-47(37)78/h6-7,10-12,16-17,20-23,29-35,39,49,74,80-81H,4-5,8-9,13-15,18-19H2,1-3H3,(H,55,75)(H,62,76)(H,63,77)(H,82,83)(H,84,85)(H2,53,57,58)(H2,86,87,88)(H3,54,64,66,78)(H2,56,65,67,79)/t29-,30-,31+,32+,33+,34+,35+,39+,49?,52+/m0/s1. The smallest absolute Gasteiger partial charge is 0.394 e. The molecular formula is C52H64N21O21P3. The summed E-state index contributed by atoms with van der Waals surface area (Å²) in [5.41, 5.74) is 11.1. The van der Waals surface area contributed by atoms with Crippen LogP contribution in [0.15, 0.2) is 77.8 Å². The fourth-order valence-electron chi connectivity index (χ4n) is 11.6. The van der Waals surface area contributed by atoms with Crippen LogP contribution >= 0.6 is 23.0 Å². The maximum Gasteiger partial charge on any atom is 0.469 e. The summed E-state index contributed by atoms with van der Waals surface area (Å²) >= 11 is 0. The summed E-state index contributed by atoms with van der Waals surface area (Å²) in [6.45, 7) is -1.67. The number of carbonyl (C=O) groups excluding carboxylic acids is 3. The molecule has 45 heteroatoms. The number of anilines is 5. The lowest BCUT2D eigenvalue weighted by atomic mass is 10.1. The number of H-pyrrole nitrogens is 2. The number of amides is 3. The molecule has 3 unspecified atom stereocenters. The van der Waals surface area contributed by atoms with Crippen molar-refractivity contribution in [2.45, 2.75) is 92.5 Å². The monoisotopic (exact) mass is 1410 g/mol. The number of phosphoric acid groups is 1. The summed E-state index contributed by atoms with van der Waals surface area (Å²) in [6.07, 6.45) is -5.00. The summed E-state index contributed by atoms with van der Waals surface area (Å²) in [5, 5.41) is 42.9. The van der Waals surface area contributed by atoms with Crippen LogP contribution in [0.5, 0.6) is 0 Å². The molecule has 3 amide bonds. The number of rotatable bonds is 25. The predicted octanol–water partition coefficient (Wildman–Crippen LogP) is -0.488. The molecule has 0 aliphatic carbocycles. The van der Waals surface area contributed by atoms with Crippen LogP contribution in [0.1, 0.15) is 82.3 Å². The van der Waals surface area contributed by atoms with Gasteiger partial charge in [-0.2, -0.15) is 9.97 Å². The largest absolute Gasteiger partial charge is 0.469 e. The van der Waals surface area contributed by atoms with E-state index in [0.29, 0.717) is 29.9 Å². The van der Waals surface area contributed by atoms with Gasteiger partial charge in [-0.05, 0) is 37.1 Å². The Labute approximate surface area is 543 Å². The number of hydrogen-bond acceptors (Lipinski definition) is 27. The molecule has 0 radical (unpaired) electrons. The number of hydrogen-bond donors (Lipinski definition) is 15. The molecule has 12 atom stereocenters. The molecule has 3 fully saturated rings. The Bertz CT molecular complexity index is 4790. The number of aromatic amines is 2. The van der Waals surface area contributed by atoms with E-state index in [2.05, 4.69) is 66.1 Å². The molecule has 0 bridgehead atoms. The second kappa shape index (κ2) is 26.5. The first-order valence-corrected chi connectivity index (χ1v) is 34.2. The number of carbonyl (C=O) groups is 3. The summed E-state index contributed by atoms with van der Waals surface area (Å²) in [4.78, 5) is 143. The summed E-state index contributed by atoms with van der Waals surface area (Å²) in [7, 11) is -12.0. The average Bonchev–Trinajstić information content (AvgIpc) is 1.60.